The van der Waals surface area contributed by atoms with Gasteiger partial charge in [-0.3, -0.25) is 4.79 Å². The van der Waals surface area contributed by atoms with E-state index in [1.807, 2.05) is 24.3 Å². The molecule has 0 aliphatic heterocycles. The van der Waals surface area contributed by atoms with Crippen LogP contribution in [0.3, 0.4) is 0 Å². The van der Waals surface area contributed by atoms with E-state index in [-0.39, 0.29) is 5.82 Å². The summed E-state index contributed by atoms with van der Waals surface area (Å²) in [5.74, 6) is -0.272. The van der Waals surface area contributed by atoms with Gasteiger partial charge in [0.05, 0.1) is 5.52 Å². The highest BCUT2D eigenvalue weighted by Crippen LogP contribution is 2.29. The van der Waals surface area contributed by atoms with Crippen LogP contribution in [0.15, 0.2) is 48.7 Å². The van der Waals surface area contributed by atoms with Gasteiger partial charge in [0.2, 0.25) is 0 Å². The molecule has 0 fully saturated rings. The third-order valence-corrected chi connectivity index (χ3v) is 3.01. The van der Waals surface area contributed by atoms with E-state index in [4.69, 9.17) is 0 Å². The first-order chi connectivity index (χ1) is 8.79. The first-order valence-corrected chi connectivity index (χ1v) is 5.61. The lowest BCUT2D eigenvalue weighted by Crippen LogP contribution is -1.82. The number of hydrogen-bond donors (Lipinski definition) is 1. The van der Waals surface area contributed by atoms with Crippen molar-refractivity contribution in [1.29, 1.82) is 0 Å². The third kappa shape index (κ3) is 1.61. The summed E-state index contributed by atoms with van der Waals surface area (Å²) in [6, 6.07) is 12.1. The number of H-pyrrole nitrogens is 1. The van der Waals surface area contributed by atoms with Gasteiger partial charge in [-0.05, 0) is 17.7 Å². The fraction of sp³-hybridized carbons (Fsp3) is 0. The quantitative estimate of drug-likeness (QED) is 0.678. The highest BCUT2D eigenvalue weighted by molar-refractivity contribution is 6.03. The predicted molar refractivity (Wildman–Crippen MR) is 69.1 cm³/mol. The first kappa shape index (κ1) is 10.7. The van der Waals surface area contributed by atoms with Gasteiger partial charge in [0, 0.05) is 22.7 Å². The standard InChI is InChI=1S/C15H10FNO/c16-12-4-1-3-10(7-12)13-5-2-6-14-11(9-18)8-17-15(13)14/h1-9,17H. The summed E-state index contributed by atoms with van der Waals surface area (Å²) in [5.41, 5.74) is 3.15. The van der Waals surface area contributed by atoms with Gasteiger partial charge in [-0.15, -0.1) is 0 Å². The Hall–Kier alpha value is -2.42. The molecular weight excluding hydrogens is 229 g/mol. The molecule has 88 valence electrons. The summed E-state index contributed by atoms with van der Waals surface area (Å²) < 4.78 is 13.3. The second-order valence-electron chi connectivity index (χ2n) is 4.10. The Morgan fingerprint density at radius 2 is 1.94 bits per heavy atom. The van der Waals surface area contributed by atoms with Gasteiger partial charge in [-0.2, -0.15) is 0 Å². The van der Waals surface area contributed by atoms with Crippen molar-refractivity contribution in [2.75, 3.05) is 0 Å². The zero-order valence-corrected chi connectivity index (χ0v) is 9.48. The maximum Gasteiger partial charge on any atom is 0.152 e. The van der Waals surface area contributed by atoms with Crippen molar-refractivity contribution in [2.45, 2.75) is 0 Å². The molecule has 3 heteroatoms. The van der Waals surface area contributed by atoms with Crippen LogP contribution >= 0.6 is 0 Å². The Morgan fingerprint density at radius 3 is 2.72 bits per heavy atom. The lowest BCUT2D eigenvalue weighted by atomic mass is 10.0. The van der Waals surface area contributed by atoms with Gasteiger partial charge in [0.1, 0.15) is 5.82 Å². The molecule has 2 aromatic carbocycles. The number of para-hydroxylation sites is 1. The van der Waals surface area contributed by atoms with Crippen LogP contribution in [0.25, 0.3) is 22.0 Å². The fourth-order valence-electron chi connectivity index (χ4n) is 2.17. The molecule has 0 amide bonds. The Bertz CT molecular complexity index is 730. The van der Waals surface area contributed by atoms with Gasteiger partial charge < -0.3 is 4.98 Å². The SMILES string of the molecule is O=Cc1c[nH]c2c(-c3cccc(F)c3)cccc12. The topological polar surface area (TPSA) is 32.9 Å². The lowest BCUT2D eigenvalue weighted by molar-refractivity contribution is 0.112. The second kappa shape index (κ2) is 4.11. The molecule has 0 unspecified atom stereocenters. The van der Waals surface area contributed by atoms with Gasteiger partial charge in [0.25, 0.3) is 0 Å². The van der Waals surface area contributed by atoms with Crippen molar-refractivity contribution < 1.29 is 9.18 Å². The van der Waals surface area contributed by atoms with E-state index in [0.717, 1.165) is 28.3 Å². The smallest absolute Gasteiger partial charge is 0.152 e. The Morgan fingerprint density at radius 1 is 1.11 bits per heavy atom. The van der Waals surface area contributed by atoms with Gasteiger partial charge in [0.15, 0.2) is 6.29 Å². The molecule has 1 heterocycles. The van der Waals surface area contributed by atoms with Gasteiger partial charge in [-0.1, -0.05) is 30.3 Å². The van der Waals surface area contributed by atoms with E-state index < -0.39 is 0 Å². The minimum atomic E-state index is -0.272. The number of aromatic nitrogens is 1. The average Bonchev–Trinajstić information content (AvgIpc) is 2.81. The predicted octanol–water partition coefficient (Wildman–Crippen LogP) is 3.79. The first-order valence-electron chi connectivity index (χ1n) is 5.61. The highest BCUT2D eigenvalue weighted by Gasteiger charge is 2.08. The van der Waals surface area contributed by atoms with Crippen LogP contribution in [0.2, 0.25) is 0 Å². The van der Waals surface area contributed by atoms with E-state index in [1.165, 1.54) is 12.1 Å². The molecule has 0 bridgehead atoms. The monoisotopic (exact) mass is 239 g/mol. The Labute approximate surface area is 103 Å². The summed E-state index contributed by atoms with van der Waals surface area (Å²) in [4.78, 5) is 14.0. The molecule has 18 heavy (non-hydrogen) atoms. The molecule has 0 aliphatic carbocycles. The number of halogens is 1. The molecule has 2 nitrogen and oxygen atoms in total. The van der Waals surface area contributed by atoms with Crippen LogP contribution in [0, 0.1) is 5.82 Å². The number of fused-ring (bicyclic) bond motifs is 1. The molecule has 3 rings (SSSR count). The largest absolute Gasteiger partial charge is 0.360 e. The number of hydrogen-bond acceptors (Lipinski definition) is 1. The third-order valence-electron chi connectivity index (χ3n) is 3.01. The van der Waals surface area contributed by atoms with Crippen molar-refractivity contribution in [3.63, 3.8) is 0 Å². The molecular formula is C15H10FNO. The van der Waals surface area contributed by atoms with E-state index in [2.05, 4.69) is 4.98 Å². The number of carbonyl (C=O) groups is 1. The number of aromatic amines is 1. The van der Waals surface area contributed by atoms with E-state index in [1.54, 1.807) is 12.3 Å². The minimum absolute atomic E-state index is 0.272. The van der Waals surface area contributed by atoms with Crippen LogP contribution in [0.1, 0.15) is 10.4 Å². The molecule has 0 saturated carbocycles. The summed E-state index contributed by atoms with van der Waals surface area (Å²) >= 11 is 0. The van der Waals surface area contributed by atoms with Crippen LogP contribution < -0.4 is 0 Å². The zero-order chi connectivity index (χ0) is 12.5. The second-order valence-corrected chi connectivity index (χ2v) is 4.10. The van der Waals surface area contributed by atoms with Crippen LogP contribution in [-0.4, -0.2) is 11.3 Å². The highest BCUT2D eigenvalue weighted by atomic mass is 19.1. The number of aldehydes is 1. The normalized spacial score (nSPS) is 10.7. The van der Waals surface area contributed by atoms with Crippen molar-refractivity contribution in [2.24, 2.45) is 0 Å². The Balaban J connectivity index is 2.29. The fourth-order valence-corrected chi connectivity index (χ4v) is 2.17. The van der Waals surface area contributed by atoms with Crippen molar-refractivity contribution in [3.05, 3.63) is 60.0 Å². The average molecular weight is 239 g/mol. The minimum Gasteiger partial charge on any atom is -0.360 e. The van der Waals surface area contributed by atoms with Crippen LogP contribution in [0.5, 0.6) is 0 Å². The number of rotatable bonds is 2. The van der Waals surface area contributed by atoms with Crippen molar-refractivity contribution >= 4 is 17.2 Å². The maximum absolute atomic E-state index is 13.3. The molecule has 0 aliphatic rings. The van der Waals surface area contributed by atoms with Gasteiger partial charge in [-0.25, -0.2) is 4.39 Å². The van der Waals surface area contributed by atoms with E-state index in [0.29, 0.717) is 5.56 Å². The van der Waals surface area contributed by atoms with E-state index in [9.17, 15) is 9.18 Å². The van der Waals surface area contributed by atoms with Crippen molar-refractivity contribution in [3.8, 4) is 11.1 Å². The van der Waals surface area contributed by atoms with Crippen molar-refractivity contribution in [1.82, 2.24) is 4.98 Å². The summed E-state index contributed by atoms with van der Waals surface area (Å²) in [5, 5.41) is 0.853. The number of carbonyl (C=O) groups excluding carboxylic acids is 1. The number of benzene rings is 2. The van der Waals surface area contributed by atoms with Crippen LogP contribution in [-0.2, 0) is 0 Å². The maximum atomic E-state index is 13.3. The lowest BCUT2D eigenvalue weighted by Gasteiger charge is -2.03. The number of nitrogens with one attached hydrogen (secondary N) is 1. The summed E-state index contributed by atoms with van der Waals surface area (Å²) in [6.45, 7) is 0. The molecule has 0 atom stereocenters. The molecule has 0 saturated heterocycles. The zero-order valence-electron chi connectivity index (χ0n) is 9.48. The van der Waals surface area contributed by atoms with E-state index >= 15 is 0 Å². The molecule has 0 radical (unpaired) electrons. The molecule has 0 spiro atoms. The Kier molecular flexibility index (Phi) is 2.45. The molecule has 3 aromatic rings. The summed E-state index contributed by atoms with van der Waals surface area (Å²) in [7, 11) is 0. The van der Waals surface area contributed by atoms with Gasteiger partial charge >= 0.3 is 0 Å². The van der Waals surface area contributed by atoms with Crippen LogP contribution in [0.4, 0.5) is 4.39 Å². The molecule has 1 aromatic heterocycles. The summed E-state index contributed by atoms with van der Waals surface area (Å²) in [6.07, 6.45) is 2.48. The molecule has 1 N–H and O–H groups in total.